The van der Waals surface area contributed by atoms with E-state index in [1.807, 2.05) is 6.07 Å². The molecule has 0 spiro atoms. The van der Waals surface area contributed by atoms with Gasteiger partial charge in [-0.15, -0.1) is 0 Å². The number of carbonyl (C=O) groups excluding carboxylic acids is 2. The minimum Gasteiger partial charge on any atom is -0.497 e. The lowest BCUT2D eigenvalue weighted by Crippen LogP contribution is -2.17. The quantitative estimate of drug-likeness (QED) is 0.714. The Hall–Kier alpha value is -4.18. The summed E-state index contributed by atoms with van der Waals surface area (Å²) in [5.74, 6) is -0.132. The summed E-state index contributed by atoms with van der Waals surface area (Å²) in [5.41, 5.74) is 2.03. The van der Waals surface area contributed by atoms with E-state index in [0.29, 0.717) is 28.3 Å². The van der Waals surface area contributed by atoms with Crippen molar-refractivity contribution < 1.29 is 14.3 Å². The fourth-order valence-electron chi connectivity index (χ4n) is 2.40. The second kappa shape index (κ2) is 8.47. The van der Waals surface area contributed by atoms with E-state index in [1.54, 1.807) is 55.6 Å². The molecule has 28 heavy (non-hydrogen) atoms. The summed E-state index contributed by atoms with van der Waals surface area (Å²) >= 11 is 0. The zero-order valence-electron chi connectivity index (χ0n) is 15.0. The van der Waals surface area contributed by atoms with Crippen LogP contribution in [-0.2, 0) is 0 Å². The van der Waals surface area contributed by atoms with Gasteiger partial charge in [0.1, 0.15) is 11.4 Å². The smallest absolute Gasteiger partial charge is 0.274 e. The molecular formula is C21H16N4O3. The van der Waals surface area contributed by atoms with Gasteiger partial charge < -0.3 is 15.4 Å². The fourth-order valence-corrected chi connectivity index (χ4v) is 2.40. The lowest BCUT2D eigenvalue weighted by Gasteiger charge is -2.08. The predicted molar refractivity (Wildman–Crippen MR) is 104 cm³/mol. The number of amides is 2. The van der Waals surface area contributed by atoms with Crippen molar-refractivity contribution >= 4 is 23.2 Å². The number of nitriles is 1. The number of nitrogens with one attached hydrogen (secondary N) is 2. The van der Waals surface area contributed by atoms with Crippen molar-refractivity contribution in [1.29, 1.82) is 5.26 Å². The molecule has 2 amide bonds. The van der Waals surface area contributed by atoms with Crippen LogP contribution < -0.4 is 15.4 Å². The minimum absolute atomic E-state index is 0.103. The molecule has 0 bridgehead atoms. The highest BCUT2D eigenvalue weighted by Crippen LogP contribution is 2.16. The van der Waals surface area contributed by atoms with E-state index < -0.39 is 5.91 Å². The first-order valence-electron chi connectivity index (χ1n) is 8.32. The van der Waals surface area contributed by atoms with Gasteiger partial charge in [0.2, 0.25) is 0 Å². The molecule has 0 saturated heterocycles. The highest BCUT2D eigenvalue weighted by molar-refractivity contribution is 6.07. The van der Waals surface area contributed by atoms with E-state index in [1.165, 1.54) is 18.3 Å². The fraction of sp³-hybridized carbons (Fsp3) is 0.0476. The first-order valence-corrected chi connectivity index (χ1v) is 8.32. The number of aromatic nitrogens is 1. The Balaban J connectivity index is 1.70. The monoisotopic (exact) mass is 372 g/mol. The molecule has 3 aromatic rings. The summed E-state index contributed by atoms with van der Waals surface area (Å²) in [6.45, 7) is 0. The third-order valence-electron chi connectivity index (χ3n) is 3.87. The van der Waals surface area contributed by atoms with Crippen molar-refractivity contribution in [1.82, 2.24) is 4.98 Å². The zero-order chi connectivity index (χ0) is 19.9. The van der Waals surface area contributed by atoms with Gasteiger partial charge in [-0.05, 0) is 60.7 Å². The number of ether oxygens (including phenoxy) is 1. The Kier molecular flexibility index (Phi) is 5.63. The van der Waals surface area contributed by atoms with Crippen molar-refractivity contribution in [2.24, 2.45) is 0 Å². The molecule has 138 valence electrons. The molecule has 0 fully saturated rings. The van der Waals surface area contributed by atoms with Crippen LogP contribution >= 0.6 is 0 Å². The Morgan fingerprint density at radius 3 is 2.14 bits per heavy atom. The molecule has 2 aromatic carbocycles. The van der Waals surface area contributed by atoms with E-state index >= 15 is 0 Å². The molecule has 0 aliphatic heterocycles. The lowest BCUT2D eigenvalue weighted by atomic mass is 10.2. The second-order valence-corrected chi connectivity index (χ2v) is 5.76. The number of anilines is 2. The molecule has 7 nitrogen and oxygen atoms in total. The van der Waals surface area contributed by atoms with Crippen LogP contribution in [0.5, 0.6) is 5.75 Å². The van der Waals surface area contributed by atoms with Crippen molar-refractivity contribution in [2.45, 2.75) is 0 Å². The maximum absolute atomic E-state index is 12.4. The van der Waals surface area contributed by atoms with Crippen molar-refractivity contribution in [2.75, 3.05) is 17.7 Å². The molecule has 1 aromatic heterocycles. The molecule has 3 rings (SSSR count). The molecule has 1 heterocycles. The van der Waals surface area contributed by atoms with Gasteiger partial charge >= 0.3 is 0 Å². The molecular weight excluding hydrogens is 356 g/mol. The molecule has 0 aliphatic rings. The molecule has 7 heteroatoms. The van der Waals surface area contributed by atoms with Crippen LogP contribution in [0.2, 0.25) is 0 Å². The zero-order valence-corrected chi connectivity index (χ0v) is 15.0. The summed E-state index contributed by atoms with van der Waals surface area (Å²) in [6, 6.07) is 18.3. The normalized spacial score (nSPS) is 9.86. The summed E-state index contributed by atoms with van der Waals surface area (Å²) in [5, 5.41) is 14.2. The third-order valence-corrected chi connectivity index (χ3v) is 3.87. The van der Waals surface area contributed by atoms with Gasteiger partial charge in [-0.1, -0.05) is 0 Å². The number of hydrogen-bond donors (Lipinski definition) is 2. The standard InChI is InChI=1S/C21H16N4O3/c1-28-18-8-6-17(7-9-18)24-20(26)15-10-11-23-19(12-15)21(27)25-16-4-2-14(13-22)3-5-16/h2-12H,1H3,(H,24,26)(H,25,27). The highest BCUT2D eigenvalue weighted by Gasteiger charge is 2.12. The summed E-state index contributed by atoms with van der Waals surface area (Å²) in [6.07, 6.45) is 1.40. The summed E-state index contributed by atoms with van der Waals surface area (Å²) in [7, 11) is 1.56. The summed E-state index contributed by atoms with van der Waals surface area (Å²) in [4.78, 5) is 28.8. The molecule has 0 unspecified atom stereocenters. The number of hydrogen-bond acceptors (Lipinski definition) is 5. The maximum atomic E-state index is 12.4. The van der Waals surface area contributed by atoms with Gasteiger partial charge in [0.25, 0.3) is 11.8 Å². The topological polar surface area (TPSA) is 104 Å². The van der Waals surface area contributed by atoms with Crippen LogP contribution in [0.4, 0.5) is 11.4 Å². The Bertz CT molecular complexity index is 1040. The predicted octanol–water partition coefficient (Wildman–Crippen LogP) is 3.47. The van der Waals surface area contributed by atoms with Crippen LogP contribution in [0.1, 0.15) is 26.4 Å². The van der Waals surface area contributed by atoms with Crippen molar-refractivity contribution in [3.05, 3.63) is 83.7 Å². The van der Waals surface area contributed by atoms with Crippen LogP contribution in [-0.4, -0.2) is 23.9 Å². The van der Waals surface area contributed by atoms with Gasteiger partial charge in [0.15, 0.2) is 0 Å². The van der Waals surface area contributed by atoms with Crippen LogP contribution in [0.3, 0.4) is 0 Å². The number of methoxy groups -OCH3 is 1. The second-order valence-electron chi connectivity index (χ2n) is 5.76. The average molecular weight is 372 g/mol. The maximum Gasteiger partial charge on any atom is 0.274 e. The number of rotatable bonds is 5. The molecule has 0 saturated carbocycles. The van der Waals surface area contributed by atoms with Crippen molar-refractivity contribution in [3.8, 4) is 11.8 Å². The van der Waals surface area contributed by atoms with E-state index in [-0.39, 0.29) is 11.6 Å². The highest BCUT2D eigenvalue weighted by atomic mass is 16.5. The number of carbonyl (C=O) groups is 2. The number of benzene rings is 2. The molecule has 2 N–H and O–H groups in total. The SMILES string of the molecule is COc1ccc(NC(=O)c2ccnc(C(=O)Nc3ccc(C#N)cc3)c2)cc1. The molecule has 0 radical (unpaired) electrons. The van der Waals surface area contributed by atoms with Gasteiger partial charge in [0, 0.05) is 23.1 Å². The lowest BCUT2D eigenvalue weighted by molar-refractivity contribution is 0.102. The Labute approximate surface area is 161 Å². The Morgan fingerprint density at radius 1 is 0.929 bits per heavy atom. The van der Waals surface area contributed by atoms with Crippen molar-refractivity contribution in [3.63, 3.8) is 0 Å². The van der Waals surface area contributed by atoms with Crippen LogP contribution in [0, 0.1) is 11.3 Å². The average Bonchev–Trinajstić information content (AvgIpc) is 2.75. The first-order chi connectivity index (χ1) is 13.6. The Morgan fingerprint density at radius 2 is 1.54 bits per heavy atom. The molecule has 0 atom stereocenters. The van der Waals surface area contributed by atoms with Crippen LogP contribution in [0.25, 0.3) is 0 Å². The van der Waals surface area contributed by atoms with Gasteiger partial charge in [-0.25, -0.2) is 0 Å². The van der Waals surface area contributed by atoms with E-state index in [2.05, 4.69) is 15.6 Å². The largest absolute Gasteiger partial charge is 0.497 e. The summed E-state index contributed by atoms with van der Waals surface area (Å²) < 4.78 is 5.08. The van der Waals surface area contributed by atoms with E-state index in [4.69, 9.17) is 10.00 Å². The van der Waals surface area contributed by atoms with Gasteiger partial charge in [0.05, 0.1) is 18.7 Å². The van der Waals surface area contributed by atoms with Gasteiger partial charge in [-0.3, -0.25) is 14.6 Å². The molecule has 0 aliphatic carbocycles. The minimum atomic E-state index is -0.455. The van der Waals surface area contributed by atoms with Gasteiger partial charge in [-0.2, -0.15) is 5.26 Å². The van der Waals surface area contributed by atoms with E-state index in [9.17, 15) is 9.59 Å². The third kappa shape index (κ3) is 4.51. The van der Waals surface area contributed by atoms with E-state index in [0.717, 1.165) is 0 Å². The first kappa shape index (κ1) is 18.6. The van der Waals surface area contributed by atoms with Crippen LogP contribution in [0.15, 0.2) is 66.9 Å². The number of nitrogens with zero attached hydrogens (tertiary/aromatic N) is 2. The number of pyridine rings is 1.